The maximum atomic E-state index is 13.3. The molecule has 0 aliphatic rings. The smallest absolute Gasteiger partial charge is 0.256 e. The molecule has 0 spiro atoms. The van der Waals surface area contributed by atoms with Gasteiger partial charge in [-0.1, -0.05) is 0 Å². The molecule has 1 heterocycles. The van der Waals surface area contributed by atoms with E-state index in [1.165, 1.54) is 6.07 Å². The van der Waals surface area contributed by atoms with Gasteiger partial charge in [0.25, 0.3) is 5.91 Å². The zero-order valence-corrected chi connectivity index (χ0v) is 16.1. The van der Waals surface area contributed by atoms with Crippen LogP contribution in [-0.2, 0) is 0 Å². The number of rotatable bonds is 7. The SMILES string of the molecule is CCN(CC)c1ccc(Nc2ccc(NC(=O)c3ccc(F)c(F)c3)nn2)cc1. The van der Waals surface area contributed by atoms with Crippen molar-refractivity contribution in [2.24, 2.45) is 0 Å². The lowest BCUT2D eigenvalue weighted by Gasteiger charge is -2.21. The van der Waals surface area contributed by atoms with E-state index in [1.807, 2.05) is 24.3 Å². The summed E-state index contributed by atoms with van der Waals surface area (Å²) in [6, 6.07) is 14.1. The maximum absolute atomic E-state index is 13.3. The zero-order valence-electron chi connectivity index (χ0n) is 16.1. The normalized spacial score (nSPS) is 10.5. The number of hydrogen-bond donors (Lipinski definition) is 2. The van der Waals surface area contributed by atoms with Crippen LogP contribution in [-0.4, -0.2) is 29.2 Å². The fraction of sp³-hybridized carbons (Fsp3) is 0.190. The lowest BCUT2D eigenvalue weighted by Crippen LogP contribution is -2.21. The van der Waals surface area contributed by atoms with Gasteiger partial charge in [0.05, 0.1) is 0 Å². The van der Waals surface area contributed by atoms with Gasteiger partial charge in [-0.05, 0) is 68.4 Å². The molecule has 0 saturated carbocycles. The Morgan fingerprint density at radius 2 is 1.55 bits per heavy atom. The molecule has 3 aromatic rings. The number of halogens is 2. The van der Waals surface area contributed by atoms with E-state index in [1.54, 1.807) is 12.1 Å². The van der Waals surface area contributed by atoms with Crippen LogP contribution in [0, 0.1) is 11.6 Å². The minimum atomic E-state index is -1.09. The topological polar surface area (TPSA) is 70.2 Å². The highest BCUT2D eigenvalue weighted by atomic mass is 19.2. The molecule has 3 rings (SSSR count). The van der Waals surface area contributed by atoms with Gasteiger partial charge in [0.2, 0.25) is 0 Å². The van der Waals surface area contributed by atoms with Gasteiger partial charge in [-0.2, -0.15) is 0 Å². The van der Waals surface area contributed by atoms with E-state index < -0.39 is 17.5 Å². The van der Waals surface area contributed by atoms with Gasteiger partial charge in [-0.15, -0.1) is 10.2 Å². The second-order valence-corrected chi connectivity index (χ2v) is 6.23. The Morgan fingerprint density at radius 3 is 2.14 bits per heavy atom. The van der Waals surface area contributed by atoms with Gasteiger partial charge in [-0.25, -0.2) is 8.78 Å². The molecule has 0 unspecified atom stereocenters. The van der Waals surface area contributed by atoms with Crippen molar-refractivity contribution in [1.82, 2.24) is 10.2 Å². The first-order valence-corrected chi connectivity index (χ1v) is 9.22. The number of carbonyl (C=O) groups excluding carboxylic acids is 1. The molecule has 0 bridgehead atoms. The molecule has 2 N–H and O–H groups in total. The molecule has 0 atom stereocenters. The van der Waals surface area contributed by atoms with Crippen LogP contribution in [0.3, 0.4) is 0 Å². The van der Waals surface area contributed by atoms with Crippen LogP contribution in [0.2, 0.25) is 0 Å². The summed E-state index contributed by atoms with van der Waals surface area (Å²) in [5.74, 6) is -2.00. The molecule has 2 aromatic carbocycles. The molecule has 1 amide bonds. The Kier molecular flexibility index (Phi) is 6.33. The molecule has 29 heavy (non-hydrogen) atoms. The lowest BCUT2D eigenvalue weighted by molar-refractivity contribution is 0.102. The predicted octanol–water partition coefficient (Wildman–Crippen LogP) is 4.60. The van der Waals surface area contributed by atoms with E-state index in [0.717, 1.165) is 36.6 Å². The van der Waals surface area contributed by atoms with E-state index in [4.69, 9.17) is 0 Å². The minimum Gasteiger partial charge on any atom is -0.372 e. The molecule has 0 radical (unpaired) electrons. The van der Waals surface area contributed by atoms with Gasteiger partial charge < -0.3 is 15.5 Å². The summed E-state index contributed by atoms with van der Waals surface area (Å²) in [6.07, 6.45) is 0. The van der Waals surface area contributed by atoms with Crippen molar-refractivity contribution in [2.75, 3.05) is 28.6 Å². The van der Waals surface area contributed by atoms with Gasteiger partial charge >= 0.3 is 0 Å². The van der Waals surface area contributed by atoms with Crippen LogP contribution in [0.5, 0.6) is 0 Å². The zero-order chi connectivity index (χ0) is 20.8. The second-order valence-electron chi connectivity index (χ2n) is 6.23. The summed E-state index contributed by atoms with van der Waals surface area (Å²) in [7, 11) is 0. The Bertz CT molecular complexity index is 973. The summed E-state index contributed by atoms with van der Waals surface area (Å²) < 4.78 is 26.2. The van der Waals surface area contributed by atoms with Crippen molar-refractivity contribution in [3.63, 3.8) is 0 Å². The molecule has 150 valence electrons. The molecular formula is C21H21F2N5O. The van der Waals surface area contributed by atoms with Crippen molar-refractivity contribution >= 4 is 28.9 Å². The number of nitrogens with one attached hydrogen (secondary N) is 2. The predicted molar refractivity (Wildman–Crippen MR) is 110 cm³/mol. The number of aromatic nitrogens is 2. The second kappa shape index (κ2) is 9.09. The molecular weight excluding hydrogens is 376 g/mol. The molecule has 0 aliphatic carbocycles. The average molecular weight is 397 g/mol. The first-order valence-electron chi connectivity index (χ1n) is 9.22. The summed E-state index contributed by atoms with van der Waals surface area (Å²) >= 11 is 0. The Hall–Kier alpha value is -3.55. The van der Waals surface area contributed by atoms with E-state index in [-0.39, 0.29) is 11.4 Å². The van der Waals surface area contributed by atoms with E-state index in [0.29, 0.717) is 5.82 Å². The van der Waals surface area contributed by atoms with Crippen molar-refractivity contribution < 1.29 is 13.6 Å². The number of hydrogen-bond acceptors (Lipinski definition) is 5. The number of carbonyl (C=O) groups is 1. The van der Waals surface area contributed by atoms with Crippen molar-refractivity contribution in [3.8, 4) is 0 Å². The fourth-order valence-electron chi connectivity index (χ4n) is 2.78. The van der Waals surface area contributed by atoms with Crippen molar-refractivity contribution in [2.45, 2.75) is 13.8 Å². The first-order chi connectivity index (χ1) is 14.0. The third-order valence-electron chi connectivity index (χ3n) is 4.36. The van der Waals surface area contributed by atoms with E-state index >= 15 is 0 Å². The van der Waals surface area contributed by atoms with Crippen LogP contribution in [0.1, 0.15) is 24.2 Å². The van der Waals surface area contributed by atoms with Crippen molar-refractivity contribution in [1.29, 1.82) is 0 Å². The highest BCUT2D eigenvalue weighted by Gasteiger charge is 2.11. The third kappa shape index (κ3) is 5.04. The summed E-state index contributed by atoms with van der Waals surface area (Å²) in [5, 5.41) is 13.6. The Morgan fingerprint density at radius 1 is 0.897 bits per heavy atom. The Balaban J connectivity index is 1.62. The molecule has 0 saturated heterocycles. The monoisotopic (exact) mass is 397 g/mol. The van der Waals surface area contributed by atoms with Gasteiger partial charge in [0.1, 0.15) is 0 Å². The largest absolute Gasteiger partial charge is 0.372 e. The summed E-state index contributed by atoms with van der Waals surface area (Å²) in [6.45, 7) is 6.09. The maximum Gasteiger partial charge on any atom is 0.256 e. The van der Waals surface area contributed by atoms with Gasteiger partial charge in [0.15, 0.2) is 23.3 Å². The van der Waals surface area contributed by atoms with E-state index in [9.17, 15) is 13.6 Å². The summed E-state index contributed by atoms with van der Waals surface area (Å²) in [5.41, 5.74) is 1.98. The highest BCUT2D eigenvalue weighted by Crippen LogP contribution is 2.20. The molecule has 6 nitrogen and oxygen atoms in total. The molecule has 1 aromatic heterocycles. The van der Waals surface area contributed by atoms with Crippen LogP contribution in [0.25, 0.3) is 0 Å². The first kappa shape index (κ1) is 20.2. The third-order valence-corrected chi connectivity index (χ3v) is 4.36. The molecule has 0 aliphatic heterocycles. The lowest BCUT2D eigenvalue weighted by atomic mass is 10.2. The quantitative estimate of drug-likeness (QED) is 0.610. The number of nitrogens with zero attached hydrogens (tertiary/aromatic N) is 3. The fourth-order valence-corrected chi connectivity index (χ4v) is 2.78. The van der Waals surface area contributed by atoms with Gasteiger partial charge in [0, 0.05) is 30.0 Å². The number of anilines is 4. The standard InChI is InChI=1S/C21H21F2N5O/c1-3-28(4-2)16-8-6-15(7-9-16)24-19-11-12-20(27-26-19)25-21(29)14-5-10-17(22)18(23)13-14/h5-13H,3-4H2,1-2H3,(H,24,26)(H,25,27,29). The van der Waals surface area contributed by atoms with Crippen LogP contribution in [0.4, 0.5) is 31.8 Å². The molecule has 0 fully saturated rings. The van der Waals surface area contributed by atoms with Crippen molar-refractivity contribution in [3.05, 3.63) is 71.8 Å². The van der Waals surface area contributed by atoms with Crippen LogP contribution in [0.15, 0.2) is 54.6 Å². The highest BCUT2D eigenvalue weighted by molar-refractivity contribution is 6.03. The number of amides is 1. The Labute approximate surface area is 167 Å². The number of benzene rings is 2. The molecule has 8 heteroatoms. The van der Waals surface area contributed by atoms with Gasteiger partial charge in [-0.3, -0.25) is 4.79 Å². The van der Waals surface area contributed by atoms with Crippen LogP contribution >= 0.6 is 0 Å². The van der Waals surface area contributed by atoms with Crippen LogP contribution < -0.4 is 15.5 Å². The summed E-state index contributed by atoms with van der Waals surface area (Å²) in [4.78, 5) is 14.3. The van der Waals surface area contributed by atoms with E-state index in [2.05, 4.69) is 39.6 Å². The minimum absolute atomic E-state index is 0.0128. The average Bonchev–Trinajstić information content (AvgIpc) is 2.73.